The number of hydrogen-bond acceptors (Lipinski definition) is 3. The van der Waals surface area contributed by atoms with Gasteiger partial charge >= 0.3 is 6.03 Å². The molecule has 0 atom stereocenters. The number of imidazole rings is 1. The van der Waals surface area contributed by atoms with Gasteiger partial charge in [-0.05, 0) is 0 Å². The van der Waals surface area contributed by atoms with Gasteiger partial charge in [-0.1, -0.05) is 0 Å². The van der Waals surface area contributed by atoms with Crippen molar-refractivity contribution in [2.24, 2.45) is 16.5 Å². The maximum absolute atomic E-state index is 10.3. The summed E-state index contributed by atoms with van der Waals surface area (Å²) in [6, 6.07) is -0.714. The third-order valence-electron chi connectivity index (χ3n) is 1.45. The van der Waals surface area contributed by atoms with Gasteiger partial charge in [-0.3, -0.25) is 10.3 Å². The second-order valence-electron chi connectivity index (χ2n) is 2.56. The second kappa shape index (κ2) is 4.85. The van der Waals surface area contributed by atoms with Gasteiger partial charge in [-0.15, -0.1) is 0 Å². The summed E-state index contributed by atoms with van der Waals surface area (Å²) in [5, 5.41) is 2.16. The van der Waals surface area contributed by atoms with E-state index in [1.54, 1.807) is 12.5 Å². The van der Waals surface area contributed by atoms with Crippen molar-refractivity contribution in [1.29, 1.82) is 0 Å². The zero-order valence-corrected chi connectivity index (χ0v) is 7.55. The smallest absolute Gasteiger partial charge is 0.318 e. The van der Waals surface area contributed by atoms with Crippen molar-refractivity contribution >= 4 is 12.0 Å². The van der Waals surface area contributed by atoms with Gasteiger partial charge in [0.2, 0.25) is 0 Å². The van der Waals surface area contributed by atoms with Crippen LogP contribution in [0.4, 0.5) is 4.79 Å². The number of hydrogen-bond donors (Lipinski definition) is 3. The van der Waals surface area contributed by atoms with Crippen LogP contribution in [-0.2, 0) is 6.54 Å². The molecule has 0 spiro atoms. The van der Waals surface area contributed by atoms with Crippen LogP contribution in [0.25, 0.3) is 0 Å². The lowest BCUT2D eigenvalue weighted by molar-refractivity contribution is 0.253. The van der Waals surface area contributed by atoms with Gasteiger partial charge in [0.15, 0.2) is 5.96 Å². The van der Waals surface area contributed by atoms with E-state index in [0.717, 1.165) is 0 Å². The highest BCUT2D eigenvalue weighted by Crippen LogP contribution is 1.85. The number of nitrogens with zero attached hydrogens (tertiary/aromatic N) is 3. The molecule has 0 bridgehead atoms. The van der Waals surface area contributed by atoms with E-state index >= 15 is 0 Å². The summed E-state index contributed by atoms with van der Waals surface area (Å²) in [4.78, 5) is 18.1. The Bertz CT molecular complexity index is 317. The Hall–Kier alpha value is -2.05. The molecule has 1 heterocycles. The number of urea groups is 1. The number of nitrogens with two attached hydrogens (primary N) is 2. The molecule has 0 aliphatic carbocycles. The van der Waals surface area contributed by atoms with E-state index in [1.165, 1.54) is 0 Å². The standard InChI is InChI=1S/C7H12N6O/c8-6(12-7(9)14)11-2-4-13-3-1-10-5-13/h1,3,5H,2,4H2,(H5,8,9,11,12,14). The predicted octanol–water partition coefficient (Wildman–Crippen LogP) is -1.13. The first-order valence-electron chi connectivity index (χ1n) is 4.00. The quantitative estimate of drug-likeness (QED) is 0.420. The van der Waals surface area contributed by atoms with Crippen molar-refractivity contribution in [3.8, 4) is 0 Å². The third-order valence-corrected chi connectivity index (χ3v) is 1.45. The molecule has 7 nitrogen and oxygen atoms in total. The zero-order valence-electron chi connectivity index (χ0n) is 7.55. The van der Waals surface area contributed by atoms with Crippen LogP contribution in [0.3, 0.4) is 0 Å². The predicted molar refractivity (Wildman–Crippen MR) is 51.4 cm³/mol. The molecule has 5 N–H and O–H groups in total. The normalized spacial score (nSPS) is 11.3. The molecule has 0 aliphatic rings. The average molecular weight is 196 g/mol. The summed E-state index contributed by atoms with van der Waals surface area (Å²) in [6.07, 6.45) is 5.16. The summed E-state index contributed by atoms with van der Waals surface area (Å²) in [5.74, 6) is 0.0256. The number of aliphatic imine (C=N–C) groups is 1. The molecule has 7 heteroatoms. The fourth-order valence-corrected chi connectivity index (χ4v) is 0.871. The number of aromatic nitrogens is 2. The molecule has 14 heavy (non-hydrogen) atoms. The number of nitrogens with one attached hydrogen (secondary N) is 1. The Labute approximate surface area is 80.8 Å². The van der Waals surface area contributed by atoms with E-state index < -0.39 is 6.03 Å². The molecular formula is C7H12N6O. The average Bonchev–Trinajstić information content (AvgIpc) is 2.55. The van der Waals surface area contributed by atoms with Gasteiger partial charge < -0.3 is 16.0 Å². The first-order valence-corrected chi connectivity index (χ1v) is 4.00. The number of carbonyl (C=O) groups is 1. The highest BCUT2D eigenvalue weighted by molar-refractivity contribution is 5.94. The molecule has 0 aliphatic heterocycles. The lowest BCUT2D eigenvalue weighted by atomic mass is 10.6. The Morgan fingerprint density at radius 2 is 2.36 bits per heavy atom. The van der Waals surface area contributed by atoms with Gasteiger partial charge in [-0.2, -0.15) is 0 Å². The minimum Gasteiger partial charge on any atom is -0.370 e. The minimum absolute atomic E-state index is 0.0256. The number of amides is 2. The molecule has 0 radical (unpaired) electrons. The first-order chi connectivity index (χ1) is 6.68. The molecule has 1 aromatic heterocycles. The van der Waals surface area contributed by atoms with Gasteiger partial charge in [0.25, 0.3) is 0 Å². The largest absolute Gasteiger partial charge is 0.370 e. The van der Waals surface area contributed by atoms with E-state index in [-0.39, 0.29) is 5.96 Å². The number of primary amides is 1. The topological polar surface area (TPSA) is 111 Å². The third kappa shape index (κ3) is 3.57. The Morgan fingerprint density at radius 3 is 2.93 bits per heavy atom. The summed E-state index contributed by atoms with van der Waals surface area (Å²) in [5.41, 5.74) is 10.2. The van der Waals surface area contributed by atoms with Crippen LogP contribution in [0.1, 0.15) is 0 Å². The summed E-state index contributed by atoms with van der Waals surface area (Å²) < 4.78 is 1.85. The fourth-order valence-electron chi connectivity index (χ4n) is 0.871. The summed E-state index contributed by atoms with van der Waals surface area (Å²) in [6.45, 7) is 1.11. The van der Waals surface area contributed by atoms with E-state index in [4.69, 9.17) is 11.5 Å². The van der Waals surface area contributed by atoms with Gasteiger partial charge in [0.05, 0.1) is 12.9 Å². The van der Waals surface area contributed by atoms with Crippen LogP contribution in [0.2, 0.25) is 0 Å². The van der Waals surface area contributed by atoms with Crippen molar-refractivity contribution in [2.75, 3.05) is 6.54 Å². The van der Waals surface area contributed by atoms with Crippen molar-refractivity contribution in [2.45, 2.75) is 6.54 Å². The maximum atomic E-state index is 10.3. The second-order valence-corrected chi connectivity index (χ2v) is 2.56. The van der Waals surface area contributed by atoms with E-state index in [0.29, 0.717) is 13.1 Å². The maximum Gasteiger partial charge on any atom is 0.318 e. The van der Waals surface area contributed by atoms with Gasteiger partial charge in [0, 0.05) is 18.9 Å². The molecule has 2 amide bonds. The summed E-state index contributed by atoms with van der Waals surface area (Å²) >= 11 is 0. The molecule has 0 saturated carbocycles. The molecule has 76 valence electrons. The Balaban J connectivity index is 2.29. The number of carbonyl (C=O) groups excluding carboxylic acids is 1. The van der Waals surface area contributed by atoms with Crippen LogP contribution >= 0.6 is 0 Å². The first kappa shape index (κ1) is 10.0. The monoisotopic (exact) mass is 196 g/mol. The molecule has 1 rings (SSSR count). The fraction of sp³-hybridized carbons (Fsp3) is 0.286. The summed E-state index contributed by atoms with van der Waals surface area (Å²) in [7, 11) is 0. The highest BCUT2D eigenvalue weighted by Gasteiger charge is 1.94. The van der Waals surface area contributed by atoms with Crippen molar-refractivity contribution in [3.63, 3.8) is 0 Å². The van der Waals surface area contributed by atoms with E-state index in [9.17, 15) is 4.79 Å². The van der Waals surface area contributed by atoms with E-state index in [1.807, 2.05) is 10.8 Å². The number of rotatable bonds is 3. The van der Waals surface area contributed by atoms with Crippen molar-refractivity contribution in [1.82, 2.24) is 14.9 Å². The Morgan fingerprint density at radius 1 is 1.57 bits per heavy atom. The molecular weight excluding hydrogens is 184 g/mol. The SMILES string of the molecule is NC(=O)NC(N)=NCCn1ccnc1. The molecule has 1 aromatic rings. The number of guanidine groups is 1. The van der Waals surface area contributed by atoms with Crippen molar-refractivity contribution < 1.29 is 4.79 Å². The van der Waals surface area contributed by atoms with Crippen LogP contribution in [0.15, 0.2) is 23.7 Å². The molecule has 0 fully saturated rings. The van der Waals surface area contributed by atoms with Crippen LogP contribution in [-0.4, -0.2) is 28.1 Å². The zero-order chi connectivity index (χ0) is 10.4. The molecule has 0 saturated heterocycles. The van der Waals surface area contributed by atoms with Crippen LogP contribution in [0.5, 0.6) is 0 Å². The van der Waals surface area contributed by atoms with Gasteiger partial charge in [-0.25, -0.2) is 9.78 Å². The van der Waals surface area contributed by atoms with Gasteiger partial charge in [0.1, 0.15) is 0 Å². The molecule has 0 unspecified atom stereocenters. The minimum atomic E-state index is -0.714. The van der Waals surface area contributed by atoms with Crippen LogP contribution in [0, 0.1) is 0 Å². The van der Waals surface area contributed by atoms with Crippen molar-refractivity contribution in [3.05, 3.63) is 18.7 Å². The highest BCUT2D eigenvalue weighted by atomic mass is 16.2. The lowest BCUT2D eigenvalue weighted by Crippen LogP contribution is -2.40. The van der Waals surface area contributed by atoms with Crippen LogP contribution < -0.4 is 16.8 Å². The Kier molecular flexibility index (Phi) is 3.48. The van der Waals surface area contributed by atoms with E-state index in [2.05, 4.69) is 15.3 Å². The molecule has 0 aromatic carbocycles. The lowest BCUT2D eigenvalue weighted by Gasteiger charge is -2.01.